The fourth-order valence-electron chi connectivity index (χ4n) is 2.83. The minimum absolute atomic E-state index is 0.313. The van der Waals surface area contributed by atoms with Crippen molar-refractivity contribution in [2.45, 2.75) is 44.4 Å². The van der Waals surface area contributed by atoms with Crippen molar-refractivity contribution in [3.05, 3.63) is 16.4 Å². The summed E-state index contributed by atoms with van der Waals surface area (Å²) in [5, 5.41) is 7.95. The standard InChI is InChI=1S/C15H27BrN4O/c1-17-14(7-6-12-5-4-10-21-12)15-13(16)11-18-20(15)9-8-19(2)3/h11-12,14,17H,4-10H2,1-3H3. The summed E-state index contributed by atoms with van der Waals surface area (Å²) >= 11 is 3.65. The Morgan fingerprint density at radius 3 is 3.00 bits per heavy atom. The second-order valence-corrected chi connectivity index (χ2v) is 6.81. The molecular formula is C15H27BrN4O. The zero-order valence-electron chi connectivity index (χ0n) is 13.3. The van der Waals surface area contributed by atoms with Gasteiger partial charge in [-0.25, -0.2) is 0 Å². The number of nitrogens with zero attached hydrogens (tertiary/aromatic N) is 3. The van der Waals surface area contributed by atoms with Crippen LogP contribution in [-0.4, -0.2) is 55.1 Å². The third kappa shape index (κ3) is 4.77. The Morgan fingerprint density at radius 1 is 1.57 bits per heavy atom. The van der Waals surface area contributed by atoms with Crippen LogP contribution in [0.25, 0.3) is 0 Å². The van der Waals surface area contributed by atoms with Gasteiger partial charge >= 0.3 is 0 Å². The Hall–Kier alpha value is -0.430. The Morgan fingerprint density at radius 2 is 2.38 bits per heavy atom. The van der Waals surface area contributed by atoms with Gasteiger partial charge in [0.2, 0.25) is 0 Å². The molecule has 2 rings (SSSR count). The van der Waals surface area contributed by atoms with Gasteiger partial charge in [-0.3, -0.25) is 4.68 Å². The van der Waals surface area contributed by atoms with Crippen molar-refractivity contribution >= 4 is 15.9 Å². The van der Waals surface area contributed by atoms with Crippen LogP contribution in [0.15, 0.2) is 10.7 Å². The van der Waals surface area contributed by atoms with E-state index in [9.17, 15) is 0 Å². The Kier molecular flexibility index (Phi) is 6.67. The summed E-state index contributed by atoms with van der Waals surface area (Å²) in [4.78, 5) is 2.18. The fourth-order valence-corrected chi connectivity index (χ4v) is 3.41. The number of ether oxygens (including phenoxy) is 1. The zero-order valence-corrected chi connectivity index (χ0v) is 14.9. The summed E-state index contributed by atoms with van der Waals surface area (Å²) in [5.74, 6) is 0. The highest BCUT2D eigenvalue weighted by atomic mass is 79.9. The highest BCUT2D eigenvalue weighted by Crippen LogP contribution is 2.28. The molecule has 6 heteroatoms. The van der Waals surface area contributed by atoms with E-state index in [-0.39, 0.29) is 0 Å². The van der Waals surface area contributed by atoms with Gasteiger partial charge in [-0.2, -0.15) is 5.10 Å². The van der Waals surface area contributed by atoms with Crippen molar-refractivity contribution in [1.82, 2.24) is 20.0 Å². The lowest BCUT2D eigenvalue weighted by atomic mass is 10.0. The first-order chi connectivity index (χ1) is 10.1. The van der Waals surface area contributed by atoms with Gasteiger partial charge in [-0.15, -0.1) is 0 Å². The molecular weight excluding hydrogens is 332 g/mol. The average molecular weight is 359 g/mol. The minimum Gasteiger partial charge on any atom is -0.378 e. The molecule has 2 unspecified atom stereocenters. The molecule has 1 saturated heterocycles. The molecule has 1 N–H and O–H groups in total. The molecule has 1 aliphatic heterocycles. The van der Waals surface area contributed by atoms with Crippen molar-refractivity contribution in [2.24, 2.45) is 0 Å². The van der Waals surface area contributed by atoms with E-state index in [1.165, 1.54) is 18.5 Å². The third-order valence-corrected chi connectivity index (χ3v) is 4.68. The number of rotatable bonds is 8. The molecule has 21 heavy (non-hydrogen) atoms. The van der Waals surface area contributed by atoms with Crippen molar-refractivity contribution in [2.75, 3.05) is 34.3 Å². The van der Waals surface area contributed by atoms with Crippen molar-refractivity contribution in [1.29, 1.82) is 0 Å². The molecule has 0 aromatic carbocycles. The first kappa shape index (κ1) is 16.9. The zero-order chi connectivity index (χ0) is 15.2. The monoisotopic (exact) mass is 358 g/mol. The molecule has 0 aliphatic carbocycles. The highest BCUT2D eigenvalue weighted by Gasteiger charge is 2.22. The Labute approximate surface area is 136 Å². The first-order valence-corrected chi connectivity index (χ1v) is 8.56. The average Bonchev–Trinajstić information content (AvgIpc) is 3.08. The Balaban J connectivity index is 2.00. The van der Waals surface area contributed by atoms with E-state index in [0.29, 0.717) is 12.1 Å². The van der Waals surface area contributed by atoms with Crippen LogP contribution in [0.3, 0.4) is 0 Å². The maximum atomic E-state index is 5.74. The maximum absolute atomic E-state index is 5.74. The molecule has 0 amide bonds. The van der Waals surface area contributed by atoms with E-state index in [1.54, 1.807) is 0 Å². The van der Waals surface area contributed by atoms with Crippen LogP contribution < -0.4 is 5.32 Å². The normalized spacial score (nSPS) is 20.3. The predicted octanol–water partition coefficient (Wildman–Crippen LogP) is 2.43. The van der Waals surface area contributed by atoms with Crippen molar-refractivity contribution in [3.8, 4) is 0 Å². The number of aromatic nitrogens is 2. The molecule has 1 aromatic rings. The molecule has 0 saturated carbocycles. The number of hydrogen-bond donors (Lipinski definition) is 1. The Bertz CT molecular complexity index is 429. The summed E-state index contributed by atoms with van der Waals surface area (Å²) in [6.45, 7) is 2.83. The number of halogens is 1. The number of hydrogen-bond acceptors (Lipinski definition) is 4. The minimum atomic E-state index is 0.313. The van der Waals surface area contributed by atoms with Gasteiger partial charge in [0.25, 0.3) is 0 Å². The van der Waals surface area contributed by atoms with Crippen LogP contribution in [0.2, 0.25) is 0 Å². The SMILES string of the molecule is CNC(CCC1CCCO1)c1c(Br)cnn1CCN(C)C. The molecule has 1 aliphatic rings. The van der Waals surface area contributed by atoms with E-state index in [1.807, 2.05) is 13.2 Å². The molecule has 2 heterocycles. The van der Waals surface area contributed by atoms with Gasteiger partial charge in [0.1, 0.15) is 0 Å². The van der Waals surface area contributed by atoms with Crippen LogP contribution in [0, 0.1) is 0 Å². The van der Waals surface area contributed by atoms with Gasteiger partial charge in [-0.05, 0) is 62.8 Å². The van der Waals surface area contributed by atoms with Crippen LogP contribution >= 0.6 is 15.9 Å². The quantitative estimate of drug-likeness (QED) is 0.774. The van der Waals surface area contributed by atoms with Gasteiger partial charge in [0, 0.05) is 13.2 Å². The summed E-state index contributed by atoms with van der Waals surface area (Å²) in [6, 6.07) is 0.313. The molecule has 0 bridgehead atoms. The lowest BCUT2D eigenvalue weighted by Gasteiger charge is -2.21. The second kappa shape index (κ2) is 8.27. The van der Waals surface area contributed by atoms with Crippen molar-refractivity contribution in [3.63, 3.8) is 0 Å². The summed E-state index contributed by atoms with van der Waals surface area (Å²) in [6.07, 6.45) is 6.94. The summed E-state index contributed by atoms with van der Waals surface area (Å²) in [7, 11) is 6.20. The molecule has 1 aromatic heterocycles. The third-order valence-electron chi connectivity index (χ3n) is 4.07. The van der Waals surface area contributed by atoms with E-state index in [4.69, 9.17) is 4.74 Å². The van der Waals surface area contributed by atoms with Crippen LogP contribution in [0.4, 0.5) is 0 Å². The van der Waals surface area contributed by atoms with Crippen LogP contribution in [0.1, 0.15) is 37.4 Å². The predicted molar refractivity (Wildman–Crippen MR) is 88.5 cm³/mol. The van der Waals surface area contributed by atoms with Gasteiger partial charge in [0.05, 0.1) is 35.1 Å². The highest BCUT2D eigenvalue weighted by molar-refractivity contribution is 9.10. The molecule has 0 radical (unpaired) electrons. The van der Waals surface area contributed by atoms with E-state index < -0.39 is 0 Å². The molecule has 120 valence electrons. The molecule has 5 nitrogen and oxygen atoms in total. The lowest BCUT2D eigenvalue weighted by Crippen LogP contribution is -2.25. The topological polar surface area (TPSA) is 42.3 Å². The first-order valence-electron chi connectivity index (χ1n) is 7.76. The smallest absolute Gasteiger partial charge is 0.0696 e. The number of nitrogens with one attached hydrogen (secondary N) is 1. The maximum Gasteiger partial charge on any atom is 0.0696 e. The van der Waals surface area contributed by atoms with Crippen molar-refractivity contribution < 1.29 is 4.74 Å². The summed E-state index contributed by atoms with van der Waals surface area (Å²) < 4.78 is 8.94. The molecule has 2 atom stereocenters. The second-order valence-electron chi connectivity index (χ2n) is 5.96. The van der Waals surface area contributed by atoms with Crippen LogP contribution in [-0.2, 0) is 11.3 Å². The summed E-state index contributed by atoms with van der Waals surface area (Å²) in [5.41, 5.74) is 1.25. The molecule has 0 spiro atoms. The van der Waals surface area contributed by atoms with E-state index in [0.717, 1.165) is 37.0 Å². The largest absolute Gasteiger partial charge is 0.378 e. The molecule has 1 fully saturated rings. The van der Waals surface area contributed by atoms with Gasteiger partial charge in [0.15, 0.2) is 0 Å². The lowest BCUT2D eigenvalue weighted by molar-refractivity contribution is 0.0995. The van der Waals surface area contributed by atoms with E-state index in [2.05, 4.69) is 50.0 Å². The number of likely N-dealkylation sites (N-methyl/N-ethyl adjacent to an activating group) is 1. The van der Waals surface area contributed by atoms with Gasteiger partial charge < -0.3 is 15.0 Å². The fraction of sp³-hybridized carbons (Fsp3) is 0.800. The van der Waals surface area contributed by atoms with E-state index >= 15 is 0 Å². The van der Waals surface area contributed by atoms with Crippen LogP contribution in [0.5, 0.6) is 0 Å². The van der Waals surface area contributed by atoms with Gasteiger partial charge in [-0.1, -0.05) is 0 Å².